The topological polar surface area (TPSA) is 45.0 Å². The fourth-order valence-corrected chi connectivity index (χ4v) is 4.61. The molecule has 0 spiro atoms. The first-order chi connectivity index (χ1) is 12.6. The Morgan fingerprint density at radius 1 is 1.25 bits per heavy atom. The van der Waals surface area contributed by atoms with Crippen LogP contribution in [0.15, 0.2) is 18.2 Å². The Morgan fingerprint density at radius 2 is 1.86 bits per heavy atom. The first-order valence-electron chi connectivity index (χ1n) is 9.61. The molecule has 1 heterocycles. The van der Waals surface area contributed by atoms with Crippen LogP contribution in [0.3, 0.4) is 0 Å². The van der Waals surface area contributed by atoms with E-state index in [-0.39, 0.29) is 28.1 Å². The van der Waals surface area contributed by atoms with Crippen LogP contribution in [-0.4, -0.2) is 26.5 Å². The molecule has 1 unspecified atom stereocenters. The molecule has 0 aliphatic carbocycles. The van der Waals surface area contributed by atoms with Crippen LogP contribution in [0.2, 0.25) is 18.1 Å². The molecule has 1 aromatic rings. The lowest BCUT2D eigenvalue weighted by atomic mass is 9.82. The van der Waals surface area contributed by atoms with Crippen molar-refractivity contribution in [3.05, 3.63) is 34.9 Å². The summed E-state index contributed by atoms with van der Waals surface area (Å²) in [6, 6.07) is 5.81. The molecule has 2 rings (SSSR count). The van der Waals surface area contributed by atoms with E-state index in [1.165, 1.54) is 6.07 Å². The van der Waals surface area contributed by atoms with Crippen LogP contribution in [-0.2, 0) is 10.6 Å². The summed E-state index contributed by atoms with van der Waals surface area (Å²) in [5.74, 6) is -0.0886. The van der Waals surface area contributed by atoms with E-state index >= 15 is 0 Å². The average molecular weight is 413 g/mol. The molecule has 0 radical (unpaired) electrons. The zero-order chi connectivity index (χ0) is 21.5. The van der Waals surface area contributed by atoms with Crippen LogP contribution in [0.4, 0.5) is 13.2 Å². The second-order valence-corrected chi connectivity index (χ2v) is 14.6. The van der Waals surface area contributed by atoms with Crippen molar-refractivity contribution in [2.24, 2.45) is 0 Å². The summed E-state index contributed by atoms with van der Waals surface area (Å²) in [5, 5.41) is 12.7. The zero-order valence-corrected chi connectivity index (χ0v) is 18.8. The molecule has 0 amide bonds. The number of rotatable bonds is 4. The van der Waals surface area contributed by atoms with E-state index in [0.29, 0.717) is 18.6 Å². The average Bonchev–Trinajstić information content (AvgIpc) is 2.85. The number of nitrogens with one attached hydrogen (secondary N) is 1. The van der Waals surface area contributed by atoms with Gasteiger partial charge in [0.1, 0.15) is 0 Å². The van der Waals surface area contributed by atoms with Crippen molar-refractivity contribution in [1.82, 2.24) is 5.32 Å². The smallest absolute Gasteiger partial charge is 0.415 e. The molecular weight excluding hydrogens is 381 g/mol. The predicted molar refractivity (Wildman–Crippen MR) is 108 cm³/mol. The van der Waals surface area contributed by atoms with Crippen molar-refractivity contribution in [3.63, 3.8) is 0 Å². The Morgan fingerprint density at radius 3 is 2.36 bits per heavy atom. The maximum absolute atomic E-state index is 13.4. The molecule has 1 aliphatic rings. The van der Waals surface area contributed by atoms with Crippen LogP contribution in [0.25, 0.3) is 0 Å². The van der Waals surface area contributed by atoms with Gasteiger partial charge < -0.3 is 9.74 Å². The summed E-state index contributed by atoms with van der Waals surface area (Å²) >= 11 is 0. The maximum atomic E-state index is 13.4. The minimum Gasteiger partial charge on any atom is -0.415 e. The Kier molecular flexibility index (Phi) is 6.12. The quantitative estimate of drug-likeness (QED) is 0.634. The molecule has 0 bridgehead atoms. The van der Waals surface area contributed by atoms with Gasteiger partial charge in [0.15, 0.2) is 8.32 Å². The van der Waals surface area contributed by atoms with Crippen molar-refractivity contribution in [1.29, 1.82) is 5.26 Å². The molecule has 28 heavy (non-hydrogen) atoms. The van der Waals surface area contributed by atoms with Gasteiger partial charge in [-0.3, -0.25) is 0 Å². The number of hydrogen-bond donors (Lipinski definition) is 1. The Balaban J connectivity index is 2.23. The number of alkyl halides is 3. The van der Waals surface area contributed by atoms with E-state index in [0.717, 1.165) is 6.07 Å². The van der Waals surface area contributed by atoms with Gasteiger partial charge in [0.2, 0.25) is 0 Å². The minimum atomic E-state index is -4.54. The standard InChI is InChI=1S/C21H31F3N2OSi/c1-19(2,3)28(6,7)27-13-16-11-17(20(4,5)26-16)14-8-9-15(12-25)18(10-14)21(22,23)24/h8-10,16-17,26H,11,13H2,1-7H3/t16?,17-/m0/s1. The Hall–Kier alpha value is -1.36. The predicted octanol–water partition coefficient (Wildman–Crippen LogP) is 5.82. The van der Waals surface area contributed by atoms with E-state index < -0.39 is 20.1 Å². The third-order valence-electron chi connectivity index (χ3n) is 6.29. The second kappa shape index (κ2) is 7.47. The summed E-state index contributed by atoms with van der Waals surface area (Å²) in [4.78, 5) is 0. The lowest BCUT2D eigenvalue weighted by molar-refractivity contribution is -0.137. The number of nitriles is 1. The molecule has 2 atom stereocenters. The van der Waals surface area contributed by atoms with Gasteiger partial charge >= 0.3 is 6.18 Å². The summed E-state index contributed by atoms with van der Waals surface area (Å²) in [6.45, 7) is 15.5. The van der Waals surface area contributed by atoms with Crippen molar-refractivity contribution in [2.45, 2.75) is 82.8 Å². The molecule has 1 N–H and O–H groups in total. The molecule has 0 saturated carbocycles. The van der Waals surface area contributed by atoms with Crippen molar-refractivity contribution in [3.8, 4) is 6.07 Å². The zero-order valence-electron chi connectivity index (χ0n) is 17.8. The molecule has 156 valence electrons. The van der Waals surface area contributed by atoms with Gasteiger partial charge in [0.25, 0.3) is 0 Å². The number of benzene rings is 1. The van der Waals surface area contributed by atoms with Gasteiger partial charge in [0, 0.05) is 24.1 Å². The molecule has 1 fully saturated rings. The summed E-state index contributed by atoms with van der Waals surface area (Å²) in [5.41, 5.74) is -0.945. The third kappa shape index (κ3) is 4.78. The number of hydrogen-bond acceptors (Lipinski definition) is 3. The third-order valence-corrected chi connectivity index (χ3v) is 10.8. The number of halogens is 3. The first kappa shape index (κ1) is 22.9. The fourth-order valence-electron chi connectivity index (χ4n) is 3.56. The molecule has 7 heteroatoms. The van der Waals surface area contributed by atoms with Gasteiger partial charge in [0.05, 0.1) is 17.2 Å². The van der Waals surface area contributed by atoms with E-state index in [2.05, 4.69) is 39.2 Å². The minimum absolute atomic E-state index is 0.0825. The lowest BCUT2D eigenvalue weighted by Gasteiger charge is -2.37. The van der Waals surface area contributed by atoms with Gasteiger partial charge in [-0.1, -0.05) is 26.8 Å². The Bertz CT molecular complexity index is 760. The van der Waals surface area contributed by atoms with Crippen LogP contribution in [0.5, 0.6) is 0 Å². The summed E-state index contributed by atoms with van der Waals surface area (Å²) in [7, 11) is -1.89. The van der Waals surface area contributed by atoms with Crippen LogP contribution >= 0.6 is 0 Å². The van der Waals surface area contributed by atoms with E-state index in [9.17, 15) is 13.2 Å². The van der Waals surface area contributed by atoms with E-state index in [1.54, 1.807) is 12.1 Å². The number of nitrogens with zero attached hydrogens (tertiary/aromatic N) is 1. The highest BCUT2D eigenvalue weighted by atomic mass is 28.4. The second-order valence-electron chi connectivity index (χ2n) is 9.84. The van der Waals surface area contributed by atoms with E-state index in [4.69, 9.17) is 9.69 Å². The van der Waals surface area contributed by atoms with Gasteiger partial charge in [-0.15, -0.1) is 0 Å². The molecule has 0 aromatic heterocycles. The van der Waals surface area contributed by atoms with Gasteiger partial charge in [-0.05, 0) is 56.1 Å². The van der Waals surface area contributed by atoms with Crippen LogP contribution < -0.4 is 5.32 Å². The van der Waals surface area contributed by atoms with Gasteiger partial charge in [-0.25, -0.2) is 0 Å². The highest BCUT2D eigenvalue weighted by Crippen LogP contribution is 2.42. The van der Waals surface area contributed by atoms with Crippen LogP contribution in [0.1, 0.15) is 63.6 Å². The SMILES string of the molecule is CC1(C)NC(CO[Si](C)(C)C(C)(C)C)C[C@H]1c1ccc(C#N)c(C(F)(F)F)c1. The monoisotopic (exact) mass is 412 g/mol. The first-order valence-corrected chi connectivity index (χ1v) is 12.5. The lowest BCUT2D eigenvalue weighted by Crippen LogP contribution is -2.46. The molecule has 1 saturated heterocycles. The fraction of sp³-hybridized carbons (Fsp3) is 0.667. The Labute approximate surface area is 167 Å². The maximum Gasteiger partial charge on any atom is 0.417 e. The molecule has 1 aliphatic heterocycles. The highest BCUT2D eigenvalue weighted by molar-refractivity contribution is 6.74. The van der Waals surface area contributed by atoms with Crippen molar-refractivity contribution < 1.29 is 17.6 Å². The normalized spacial score (nSPS) is 22.9. The highest BCUT2D eigenvalue weighted by Gasteiger charge is 2.44. The van der Waals surface area contributed by atoms with Crippen LogP contribution in [0, 0.1) is 11.3 Å². The van der Waals surface area contributed by atoms with Gasteiger partial charge in [-0.2, -0.15) is 18.4 Å². The molecule has 1 aromatic carbocycles. The van der Waals surface area contributed by atoms with Crippen molar-refractivity contribution in [2.75, 3.05) is 6.61 Å². The largest absolute Gasteiger partial charge is 0.417 e. The molecule has 3 nitrogen and oxygen atoms in total. The molecular formula is C21H31F3N2OSi. The van der Waals surface area contributed by atoms with Crippen molar-refractivity contribution >= 4 is 8.32 Å². The summed E-state index contributed by atoms with van der Waals surface area (Å²) < 4.78 is 46.4. The van der Waals surface area contributed by atoms with E-state index in [1.807, 2.05) is 13.8 Å². The summed E-state index contributed by atoms with van der Waals surface area (Å²) in [6.07, 6.45) is -3.84.